The van der Waals surface area contributed by atoms with Crippen molar-refractivity contribution in [3.05, 3.63) is 29.3 Å². The van der Waals surface area contributed by atoms with Crippen molar-refractivity contribution in [1.82, 2.24) is 15.0 Å². The first kappa shape index (κ1) is 13.6. The summed E-state index contributed by atoms with van der Waals surface area (Å²) in [6.07, 6.45) is 0. The van der Waals surface area contributed by atoms with E-state index in [0.717, 1.165) is 4.90 Å². The molecule has 0 aliphatic heterocycles. The number of aromatic nitrogens is 3. The maximum atomic E-state index is 5.64. The van der Waals surface area contributed by atoms with Crippen LogP contribution in [0.5, 0.6) is 6.01 Å². The lowest BCUT2D eigenvalue weighted by atomic mass is 10.1. The number of benzene rings is 1. The highest BCUT2D eigenvalue weighted by Gasteiger charge is 2.07. The molecule has 2 rings (SSSR count). The Labute approximate surface area is 116 Å². The van der Waals surface area contributed by atoms with Crippen molar-refractivity contribution < 1.29 is 4.74 Å². The Morgan fingerprint density at radius 2 is 1.95 bits per heavy atom. The zero-order valence-corrected chi connectivity index (χ0v) is 12.0. The molecule has 1 aromatic carbocycles. The minimum absolute atomic E-state index is 0.171. The molecule has 0 amide bonds. The summed E-state index contributed by atoms with van der Waals surface area (Å²) in [5.74, 6) is 0.171. The van der Waals surface area contributed by atoms with Crippen molar-refractivity contribution in [2.45, 2.75) is 30.8 Å². The van der Waals surface area contributed by atoms with E-state index < -0.39 is 0 Å². The van der Waals surface area contributed by atoms with Gasteiger partial charge in [-0.2, -0.15) is 15.0 Å². The third-order valence-electron chi connectivity index (χ3n) is 2.57. The largest absolute Gasteiger partial charge is 0.464 e. The van der Waals surface area contributed by atoms with E-state index >= 15 is 0 Å². The van der Waals surface area contributed by atoms with E-state index in [0.29, 0.717) is 11.8 Å². The van der Waals surface area contributed by atoms with Crippen molar-refractivity contribution in [3.63, 3.8) is 0 Å². The van der Waals surface area contributed by atoms with E-state index in [-0.39, 0.29) is 12.0 Å². The maximum Gasteiger partial charge on any atom is 0.322 e. The Kier molecular flexibility index (Phi) is 4.21. The van der Waals surface area contributed by atoms with Crippen LogP contribution >= 0.6 is 11.8 Å². The Balaban J connectivity index is 2.24. The molecule has 19 heavy (non-hydrogen) atoms. The molecule has 0 spiro atoms. The van der Waals surface area contributed by atoms with Gasteiger partial charge in [0.2, 0.25) is 11.1 Å². The molecule has 0 atom stereocenters. The van der Waals surface area contributed by atoms with Crippen LogP contribution in [-0.2, 0) is 0 Å². The van der Waals surface area contributed by atoms with Crippen molar-refractivity contribution in [1.29, 1.82) is 0 Å². The molecule has 0 fully saturated rings. The molecular weight excluding hydrogens is 260 g/mol. The SMILES string of the molecule is CCOc1nc(N)nc(Sc2ccc(C)c(C)c2)n1. The number of nitrogens with two attached hydrogens (primary N) is 1. The van der Waals surface area contributed by atoms with Crippen LogP contribution in [0.3, 0.4) is 0 Å². The van der Waals surface area contributed by atoms with E-state index in [9.17, 15) is 0 Å². The molecule has 0 saturated heterocycles. The third-order valence-corrected chi connectivity index (χ3v) is 3.43. The highest BCUT2D eigenvalue weighted by atomic mass is 32.2. The number of aryl methyl sites for hydroxylation is 2. The van der Waals surface area contributed by atoms with Crippen molar-refractivity contribution in [2.75, 3.05) is 12.3 Å². The average Bonchev–Trinajstić information content (AvgIpc) is 2.33. The molecule has 5 nitrogen and oxygen atoms in total. The van der Waals surface area contributed by atoms with Crippen molar-refractivity contribution in [2.24, 2.45) is 0 Å². The van der Waals surface area contributed by atoms with Gasteiger partial charge in [0.25, 0.3) is 0 Å². The monoisotopic (exact) mass is 276 g/mol. The maximum absolute atomic E-state index is 5.64. The molecule has 0 unspecified atom stereocenters. The summed E-state index contributed by atoms with van der Waals surface area (Å²) in [6, 6.07) is 6.47. The minimum atomic E-state index is 0.171. The smallest absolute Gasteiger partial charge is 0.322 e. The van der Waals surface area contributed by atoms with Gasteiger partial charge in [0, 0.05) is 4.90 Å². The van der Waals surface area contributed by atoms with Gasteiger partial charge < -0.3 is 10.5 Å². The van der Waals surface area contributed by atoms with E-state index in [1.165, 1.54) is 22.9 Å². The first-order valence-electron chi connectivity index (χ1n) is 5.98. The van der Waals surface area contributed by atoms with Crippen LogP contribution in [0.1, 0.15) is 18.1 Å². The molecule has 2 N–H and O–H groups in total. The van der Waals surface area contributed by atoms with Gasteiger partial charge >= 0.3 is 6.01 Å². The van der Waals surface area contributed by atoms with Crippen LogP contribution in [0.4, 0.5) is 5.95 Å². The number of rotatable bonds is 4. The second-order valence-corrected chi connectivity index (χ2v) is 5.08. The zero-order chi connectivity index (χ0) is 13.8. The van der Waals surface area contributed by atoms with E-state index in [1.807, 2.05) is 13.0 Å². The summed E-state index contributed by atoms with van der Waals surface area (Å²) in [5.41, 5.74) is 8.13. The minimum Gasteiger partial charge on any atom is -0.464 e. The lowest BCUT2D eigenvalue weighted by Crippen LogP contribution is -2.04. The Morgan fingerprint density at radius 3 is 2.63 bits per heavy atom. The number of nitrogen functional groups attached to an aromatic ring is 1. The second kappa shape index (κ2) is 5.88. The molecule has 1 heterocycles. The predicted octanol–water partition coefficient (Wildman–Crippen LogP) is 2.62. The molecule has 0 aliphatic rings. The summed E-state index contributed by atoms with van der Waals surface area (Å²) in [6.45, 7) is 6.53. The van der Waals surface area contributed by atoms with Gasteiger partial charge in [-0.3, -0.25) is 0 Å². The fourth-order valence-corrected chi connectivity index (χ4v) is 2.32. The highest BCUT2D eigenvalue weighted by Crippen LogP contribution is 2.27. The van der Waals surface area contributed by atoms with E-state index in [4.69, 9.17) is 10.5 Å². The summed E-state index contributed by atoms with van der Waals surface area (Å²) in [7, 11) is 0. The van der Waals surface area contributed by atoms with Crippen LogP contribution < -0.4 is 10.5 Å². The van der Waals surface area contributed by atoms with Gasteiger partial charge in [-0.25, -0.2) is 0 Å². The Morgan fingerprint density at radius 1 is 1.16 bits per heavy atom. The summed E-state index contributed by atoms with van der Waals surface area (Å²) < 4.78 is 5.25. The van der Waals surface area contributed by atoms with Crippen LogP contribution in [0.2, 0.25) is 0 Å². The normalized spacial score (nSPS) is 10.5. The standard InChI is InChI=1S/C13H16N4OS/c1-4-18-12-15-11(14)16-13(17-12)19-10-6-5-8(2)9(3)7-10/h5-7H,4H2,1-3H3,(H2,14,15,16,17). The fourth-order valence-electron chi connectivity index (χ4n) is 1.47. The molecular formula is C13H16N4OS. The van der Waals surface area contributed by atoms with Crippen LogP contribution in [-0.4, -0.2) is 21.6 Å². The van der Waals surface area contributed by atoms with Crippen LogP contribution in [0.25, 0.3) is 0 Å². The van der Waals surface area contributed by atoms with E-state index in [2.05, 4.69) is 40.9 Å². The molecule has 0 bridgehead atoms. The molecule has 2 aromatic rings. The van der Waals surface area contributed by atoms with Gasteiger partial charge in [-0.05, 0) is 55.8 Å². The molecule has 100 valence electrons. The van der Waals surface area contributed by atoms with Gasteiger partial charge in [0.15, 0.2) is 0 Å². The third kappa shape index (κ3) is 3.57. The highest BCUT2D eigenvalue weighted by molar-refractivity contribution is 7.99. The number of nitrogens with zero attached hydrogens (tertiary/aromatic N) is 3. The van der Waals surface area contributed by atoms with Crippen molar-refractivity contribution in [3.8, 4) is 6.01 Å². The number of anilines is 1. The predicted molar refractivity (Wildman–Crippen MR) is 75.4 cm³/mol. The quantitative estimate of drug-likeness (QED) is 0.925. The topological polar surface area (TPSA) is 73.9 Å². The molecule has 0 saturated carbocycles. The number of ether oxygens (including phenoxy) is 1. The number of hydrogen-bond acceptors (Lipinski definition) is 6. The molecule has 6 heteroatoms. The first-order valence-corrected chi connectivity index (χ1v) is 6.79. The van der Waals surface area contributed by atoms with Crippen LogP contribution in [0, 0.1) is 13.8 Å². The second-order valence-electron chi connectivity index (χ2n) is 4.04. The fraction of sp³-hybridized carbons (Fsp3) is 0.308. The zero-order valence-electron chi connectivity index (χ0n) is 11.2. The van der Waals surface area contributed by atoms with Gasteiger partial charge in [0.05, 0.1) is 6.61 Å². The lowest BCUT2D eigenvalue weighted by molar-refractivity contribution is 0.308. The Bertz CT molecular complexity index is 589. The number of hydrogen-bond donors (Lipinski definition) is 1. The molecule has 0 radical (unpaired) electrons. The summed E-state index contributed by atoms with van der Waals surface area (Å²) in [5, 5.41) is 0.541. The van der Waals surface area contributed by atoms with Gasteiger partial charge in [-0.15, -0.1) is 0 Å². The summed E-state index contributed by atoms with van der Waals surface area (Å²) >= 11 is 1.44. The van der Waals surface area contributed by atoms with E-state index in [1.54, 1.807) is 0 Å². The molecule has 1 aromatic heterocycles. The summed E-state index contributed by atoms with van der Waals surface area (Å²) in [4.78, 5) is 13.3. The van der Waals surface area contributed by atoms with Crippen LogP contribution in [0.15, 0.2) is 28.3 Å². The van der Waals surface area contributed by atoms with Gasteiger partial charge in [0.1, 0.15) is 0 Å². The average molecular weight is 276 g/mol. The van der Waals surface area contributed by atoms with Crippen molar-refractivity contribution >= 4 is 17.7 Å². The lowest BCUT2D eigenvalue weighted by Gasteiger charge is -2.06. The van der Waals surface area contributed by atoms with Gasteiger partial charge in [-0.1, -0.05) is 6.07 Å². The Hall–Kier alpha value is -1.82. The molecule has 0 aliphatic carbocycles. The first-order chi connectivity index (χ1) is 9.08.